The van der Waals surface area contributed by atoms with E-state index in [2.05, 4.69) is 66.0 Å². The van der Waals surface area contributed by atoms with Crippen LogP contribution in [0.4, 0.5) is 0 Å². The predicted octanol–water partition coefficient (Wildman–Crippen LogP) is 5.63. The lowest BCUT2D eigenvalue weighted by atomic mass is 9.39. The van der Waals surface area contributed by atoms with Gasteiger partial charge >= 0.3 is 0 Å². The van der Waals surface area contributed by atoms with Gasteiger partial charge in [-0.05, 0) is 111 Å². The van der Waals surface area contributed by atoms with Crippen LogP contribution in [0.3, 0.4) is 0 Å². The van der Waals surface area contributed by atoms with Crippen LogP contribution >= 0.6 is 0 Å². The summed E-state index contributed by atoms with van der Waals surface area (Å²) < 4.78 is 0. The average molecular weight is 457 g/mol. The van der Waals surface area contributed by atoms with Gasteiger partial charge in [0.15, 0.2) is 0 Å². The summed E-state index contributed by atoms with van der Waals surface area (Å²) in [6, 6.07) is 22.6. The molecule has 2 atom stereocenters. The molecule has 0 radical (unpaired) electrons. The van der Waals surface area contributed by atoms with E-state index < -0.39 is 0 Å². The highest BCUT2D eigenvalue weighted by Crippen LogP contribution is 2.68. The lowest BCUT2D eigenvalue weighted by Gasteiger charge is -2.64. The summed E-state index contributed by atoms with van der Waals surface area (Å²) in [4.78, 5) is 14.0. The molecule has 0 aliphatic heterocycles. The van der Waals surface area contributed by atoms with Crippen molar-refractivity contribution in [1.82, 2.24) is 5.32 Å². The van der Waals surface area contributed by atoms with Crippen LogP contribution in [0.2, 0.25) is 0 Å². The molecule has 0 aromatic heterocycles. The highest BCUT2D eigenvalue weighted by Gasteiger charge is 2.63. The first kappa shape index (κ1) is 22.3. The van der Waals surface area contributed by atoms with E-state index in [1.807, 2.05) is 0 Å². The molecule has 0 spiro atoms. The van der Waals surface area contributed by atoms with Crippen molar-refractivity contribution in [3.8, 4) is 0 Å². The van der Waals surface area contributed by atoms with Crippen LogP contribution < -0.4 is 11.1 Å². The molecule has 3 heteroatoms. The highest BCUT2D eigenvalue weighted by molar-refractivity contribution is 5.84. The summed E-state index contributed by atoms with van der Waals surface area (Å²) in [5, 5.41) is 3.57. The highest BCUT2D eigenvalue weighted by atomic mass is 16.2. The molecule has 3 N–H and O–H groups in total. The first-order valence-corrected chi connectivity index (χ1v) is 13.7. The van der Waals surface area contributed by atoms with E-state index in [0.717, 1.165) is 51.5 Å². The van der Waals surface area contributed by atoms with Gasteiger partial charge in [-0.25, -0.2) is 0 Å². The molecule has 0 heterocycles. The second-order valence-electron chi connectivity index (χ2n) is 12.2. The number of hydrogen-bond donors (Lipinski definition) is 2. The molecule has 2 aromatic carbocycles. The van der Waals surface area contributed by atoms with Crippen molar-refractivity contribution < 1.29 is 4.79 Å². The Hall–Kier alpha value is -2.13. The fourth-order valence-corrected chi connectivity index (χ4v) is 8.74. The van der Waals surface area contributed by atoms with Gasteiger partial charge in [-0.3, -0.25) is 4.79 Å². The molecule has 3 nitrogen and oxygen atoms in total. The predicted molar refractivity (Wildman–Crippen MR) is 137 cm³/mol. The summed E-state index contributed by atoms with van der Waals surface area (Å²) in [5.74, 6) is 3.01. The van der Waals surface area contributed by atoms with E-state index in [0.29, 0.717) is 35.6 Å². The maximum atomic E-state index is 14.0. The van der Waals surface area contributed by atoms with Crippen LogP contribution in [0.1, 0.15) is 68.9 Å². The Labute approximate surface area is 204 Å². The number of nitrogens with one attached hydrogen (secondary N) is 1. The third-order valence-electron chi connectivity index (χ3n) is 10.2. The summed E-state index contributed by atoms with van der Waals surface area (Å²) in [7, 11) is 0. The third kappa shape index (κ3) is 3.90. The lowest BCUT2D eigenvalue weighted by molar-refractivity contribution is -0.158. The minimum atomic E-state index is -0.181. The quantitative estimate of drug-likeness (QED) is 0.592. The Morgan fingerprint density at radius 2 is 1.47 bits per heavy atom. The molecule has 5 aliphatic carbocycles. The van der Waals surface area contributed by atoms with Gasteiger partial charge in [0.25, 0.3) is 0 Å². The van der Waals surface area contributed by atoms with Crippen LogP contribution in [0, 0.1) is 29.1 Å². The molecule has 2 unspecified atom stereocenters. The topological polar surface area (TPSA) is 55.1 Å². The number of hydrogen-bond acceptors (Lipinski definition) is 2. The molecule has 2 aromatic rings. The lowest BCUT2D eigenvalue weighted by Crippen LogP contribution is -2.63. The Morgan fingerprint density at radius 3 is 2.09 bits per heavy atom. The van der Waals surface area contributed by atoms with E-state index in [4.69, 9.17) is 5.73 Å². The van der Waals surface area contributed by atoms with Crippen molar-refractivity contribution in [1.29, 1.82) is 0 Å². The molecule has 5 aliphatic rings. The van der Waals surface area contributed by atoms with E-state index in [9.17, 15) is 4.79 Å². The van der Waals surface area contributed by atoms with Gasteiger partial charge < -0.3 is 11.1 Å². The second-order valence-corrected chi connectivity index (χ2v) is 12.2. The van der Waals surface area contributed by atoms with Crippen molar-refractivity contribution in [2.24, 2.45) is 34.8 Å². The molecule has 4 bridgehead atoms. The van der Waals surface area contributed by atoms with Crippen LogP contribution in [-0.4, -0.2) is 18.5 Å². The molecule has 180 valence electrons. The molecular weight excluding hydrogens is 416 g/mol. The van der Waals surface area contributed by atoms with Gasteiger partial charge in [0.2, 0.25) is 5.91 Å². The first-order chi connectivity index (χ1) is 16.6. The zero-order valence-electron chi connectivity index (χ0n) is 20.4. The number of carbonyl (C=O) groups excluding carboxylic acids is 1. The number of nitrogens with two attached hydrogens (primary N) is 1. The largest absolute Gasteiger partial charge is 0.353 e. The monoisotopic (exact) mass is 456 g/mol. The van der Waals surface area contributed by atoms with Crippen molar-refractivity contribution in [3.63, 3.8) is 0 Å². The summed E-state index contributed by atoms with van der Waals surface area (Å²) in [6.07, 6.45) is 11.4. The second kappa shape index (κ2) is 8.82. The zero-order valence-corrected chi connectivity index (χ0v) is 20.4. The Balaban J connectivity index is 1.26. The molecule has 34 heavy (non-hydrogen) atoms. The summed E-state index contributed by atoms with van der Waals surface area (Å²) in [6.45, 7) is 0.788. The van der Waals surface area contributed by atoms with Crippen molar-refractivity contribution >= 4 is 5.91 Å². The van der Waals surface area contributed by atoms with Gasteiger partial charge in [-0.2, -0.15) is 0 Å². The fourth-order valence-electron chi connectivity index (χ4n) is 8.74. The van der Waals surface area contributed by atoms with E-state index in [1.165, 1.54) is 30.4 Å². The zero-order chi connectivity index (χ0) is 23.2. The van der Waals surface area contributed by atoms with Gasteiger partial charge in [0.1, 0.15) is 0 Å². The number of amides is 1. The van der Waals surface area contributed by atoms with Gasteiger partial charge in [0, 0.05) is 6.04 Å². The minimum Gasteiger partial charge on any atom is -0.353 e. The molecule has 1 amide bonds. The molecular formula is C31H40N2O. The maximum absolute atomic E-state index is 14.0. The van der Waals surface area contributed by atoms with Gasteiger partial charge in [-0.15, -0.1) is 0 Å². The van der Waals surface area contributed by atoms with Crippen molar-refractivity contribution in [2.45, 2.75) is 75.7 Å². The smallest absolute Gasteiger partial charge is 0.226 e. The third-order valence-corrected chi connectivity index (χ3v) is 10.2. The van der Waals surface area contributed by atoms with Crippen molar-refractivity contribution in [2.75, 3.05) is 6.54 Å². The van der Waals surface area contributed by atoms with Crippen LogP contribution in [0.15, 0.2) is 60.7 Å². The molecule has 0 saturated heterocycles. The minimum absolute atomic E-state index is 0.175. The first-order valence-electron chi connectivity index (χ1n) is 13.7. The van der Waals surface area contributed by atoms with E-state index in [1.54, 1.807) is 0 Å². The molecule has 5 saturated carbocycles. The van der Waals surface area contributed by atoms with Crippen LogP contribution in [-0.2, 0) is 16.6 Å². The maximum Gasteiger partial charge on any atom is 0.226 e. The van der Waals surface area contributed by atoms with Gasteiger partial charge in [0.05, 0.1) is 5.41 Å². The van der Waals surface area contributed by atoms with E-state index in [-0.39, 0.29) is 10.8 Å². The normalized spacial score (nSPS) is 38.6. The number of benzene rings is 2. The fraction of sp³-hybridized carbons (Fsp3) is 0.581. The van der Waals surface area contributed by atoms with Gasteiger partial charge in [-0.1, -0.05) is 60.7 Å². The molecule has 7 rings (SSSR count). The van der Waals surface area contributed by atoms with Crippen LogP contribution in [0.5, 0.6) is 0 Å². The Bertz CT molecular complexity index is 979. The average Bonchev–Trinajstić information content (AvgIpc) is 2.87. The summed E-state index contributed by atoms with van der Waals surface area (Å²) >= 11 is 0. The summed E-state index contributed by atoms with van der Waals surface area (Å²) in [5.41, 5.74) is 8.83. The van der Waals surface area contributed by atoms with E-state index >= 15 is 0 Å². The van der Waals surface area contributed by atoms with Crippen LogP contribution in [0.25, 0.3) is 0 Å². The number of carbonyl (C=O) groups is 1. The standard InChI is InChI=1S/C31H40N2O/c32-20-23-11-13-27(14-12-23)33-29(34)31-18-24-16-30(21-31,26-9-5-2-6-10-26)17-25(19-31)28(24)15-22-7-3-1-4-8-22/h1-10,23-25,27-28H,11-21,32H2,(H,33,34). The Morgan fingerprint density at radius 1 is 0.853 bits per heavy atom. The molecule has 5 fully saturated rings. The Kier molecular flexibility index (Phi) is 5.80. The van der Waals surface area contributed by atoms with Crippen molar-refractivity contribution in [3.05, 3.63) is 71.8 Å². The SMILES string of the molecule is NCC1CCC(NC(=O)C23CC4CC(c5ccccc5)(CC(C2)C4Cc2ccccc2)C3)CC1. The number of rotatable bonds is 6.